The lowest BCUT2D eigenvalue weighted by atomic mass is 9.99. The van der Waals surface area contributed by atoms with Gasteiger partial charge in [0, 0.05) is 11.8 Å². The highest BCUT2D eigenvalue weighted by molar-refractivity contribution is 5.69. The van der Waals surface area contributed by atoms with Gasteiger partial charge in [0.1, 0.15) is 6.07 Å². The minimum Gasteiger partial charge on any atom is -0.255 e. The summed E-state index contributed by atoms with van der Waals surface area (Å²) >= 11 is 0. The van der Waals surface area contributed by atoms with E-state index in [4.69, 9.17) is 5.26 Å². The highest BCUT2D eigenvalue weighted by atomic mass is 14.7. The molecule has 0 spiro atoms. The zero-order valence-electron chi connectivity index (χ0n) is 9.14. The zero-order valence-corrected chi connectivity index (χ0v) is 9.14. The Morgan fingerprint density at radius 3 is 2.75 bits per heavy atom. The van der Waals surface area contributed by atoms with E-state index in [1.165, 1.54) is 5.56 Å². The van der Waals surface area contributed by atoms with E-state index < -0.39 is 0 Å². The molecule has 0 saturated heterocycles. The van der Waals surface area contributed by atoms with E-state index in [2.05, 4.69) is 24.0 Å². The van der Waals surface area contributed by atoms with Crippen molar-refractivity contribution in [2.24, 2.45) is 0 Å². The Balaban J connectivity index is 2.64. The third-order valence-corrected chi connectivity index (χ3v) is 2.58. The first-order valence-electron chi connectivity index (χ1n) is 5.30. The van der Waals surface area contributed by atoms with E-state index in [0.29, 0.717) is 5.56 Å². The van der Waals surface area contributed by atoms with E-state index in [-0.39, 0.29) is 0 Å². The molecule has 0 unspecified atom stereocenters. The summed E-state index contributed by atoms with van der Waals surface area (Å²) in [4.78, 5) is 4.31. The number of aryl methyl sites for hydroxylation is 1. The molecule has 0 N–H and O–H groups in total. The molecule has 1 heterocycles. The van der Waals surface area contributed by atoms with Gasteiger partial charge in [-0.3, -0.25) is 4.98 Å². The molecule has 2 heteroatoms. The molecule has 1 aromatic carbocycles. The molecule has 78 valence electrons. The van der Waals surface area contributed by atoms with Gasteiger partial charge >= 0.3 is 0 Å². The zero-order chi connectivity index (χ0) is 11.4. The van der Waals surface area contributed by atoms with Crippen LogP contribution in [-0.4, -0.2) is 4.98 Å². The Morgan fingerprint density at radius 1 is 1.19 bits per heavy atom. The summed E-state index contributed by atoms with van der Waals surface area (Å²) in [5, 5.41) is 9.05. The Labute approximate surface area is 95.2 Å². The third-order valence-electron chi connectivity index (χ3n) is 2.58. The van der Waals surface area contributed by atoms with Crippen LogP contribution in [0.2, 0.25) is 0 Å². The lowest BCUT2D eigenvalue weighted by Gasteiger charge is -2.07. The number of rotatable bonds is 2. The molecule has 0 aliphatic heterocycles. The molecule has 0 aliphatic carbocycles. The Hall–Kier alpha value is -2.14. The first-order valence-corrected chi connectivity index (χ1v) is 5.30. The van der Waals surface area contributed by atoms with Crippen molar-refractivity contribution in [3.63, 3.8) is 0 Å². The van der Waals surface area contributed by atoms with Crippen LogP contribution < -0.4 is 0 Å². The SMILES string of the molecule is CCc1ccccc1-c1ncccc1C#N. The molecule has 2 nitrogen and oxygen atoms in total. The van der Waals surface area contributed by atoms with Crippen LogP contribution >= 0.6 is 0 Å². The normalized spacial score (nSPS) is 9.75. The van der Waals surface area contributed by atoms with Crippen LogP contribution in [0, 0.1) is 11.3 Å². The summed E-state index contributed by atoms with van der Waals surface area (Å²) in [6.45, 7) is 2.10. The van der Waals surface area contributed by atoms with Gasteiger partial charge < -0.3 is 0 Å². The number of nitriles is 1. The van der Waals surface area contributed by atoms with Crippen LogP contribution in [0.15, 0.2) is 42.6 Å². The van der Waals surface area contributed by atoms with Crippen LogP contribution in [0.4, 0.5) is 0 Å². The predicted octanol–water partition coefficient (Wildman–Crippen LogP) is 3.18. The second-order valence-electron chi connectivity index (χ2n) is 3.52. The van der Waals surface area contributed by atoms with Gasteiger partial charge in [0.2, 0.25) is 0 Å². The van der Waals surface area contributed by atoms with Gasteiger partial charge in [-0.15, -0.1) is 0 Å². The van der Waals surface area contributed by atoms with E-state index >= 15 is 0 Å². The van der Waals surface area contributed by atoms with Gasteiger partial charge in [0.25, 0.3) is 0 Å². The van der Waals surface area contributed by atoms with Crippen LogP contribution in [0.25, 0.3) is 11.3 Å². The summed E-state index contributed by atoms with van der Waals surface area (Å²) in [7, 11) is 0. The van der Waals surface area contributed by atoms with Crippen LogP contribution in [0.5, 0.6) is 0 Å². The maximum absolute atomic E-state index is 9.05. The smallest absolute Gasteiger partial charge is 0.101 e. The van der Waals surface area contributed by atoms with Gasteiger partial charge in [-0.1, -0.05) is 31.2 Å². The molecule has 2 aromatic rings. The average molecular weight is 208 g/mol. The Kier molecular flexibility index (Phi) is 2.98. The second kappa shape index (κ2) is 4.59. The Bertz CT molecular complexity index is 538. The van der Waals surface area contributed by atoms with E-state index in [0.717, 1.165) is 17.7 Å². The maximum Gasteiger partial charge on any atom is 0.101 e. The fourth-order valence-electron chi connectivity index (χ4n) is 1.77. The van der Waals surface area contributed by atoms with Crippen molar-refractivity contribution >= 4 is 0 Å². The largest absolute Gasteiger partial charge is 0.255 e. The lowest BCUT2D eigenvalue weighted by Crippen LogP contribution is -1.92. The Morgan fingerprint density at radius 2 is 2.00 bits per heavy atom. The lowest BCUT2D eigenvalue weighted by molar-refractivity contribution is 1.13. The number of pyridine rings is 1. The maximum atomic E-state index is 9.05. The summed E-state index contributed by atoms with van der Waals surface area (Å²) in [6.07, 6.45) is 2.67. The van der Waals surface area contributed by atoms with Crippen molar-refractivity contribution < 1.29 is 0 Å². The summed E-state index contributed by atoms with van der Waals surface area (Å²) in [5.74, 6) is 0. The van der Waals surface area contributed by atoms with Gasteiger partial charge in [0.05, 0.1) is 11.3 Å². The third kappa shape index (κ3) is 1.80. The van der Waals surface area contributed by atoms with Crippen molar-refractivity contribution in [3.05, 3.63) is 53.7 Å². The molecule has 0 fully saturated rings. The highest BCUT2D eigenvalue weighted by Crippen LogP contribution is 2.24. The molecule has 0 atom stereocenters. The number of nitrogens with zero attached hydrogens (tertiary/aromatic N) is 2. The minimum atomic E-state index is 0.628. The van der Waals surface area contributed by atoms with E-state index in [1.54, 1.807) is 18.3 Å². The molecule has 0 radical (unpaired) electrons. The molecule has 0 amide bonds. The standard InChI is InChI=1S/C14H12N2/c1-2-11-6-3-4-8-13(11)14-12(10-15)7-5-9-16-14/h3-9H,2H2,1H3. The number of hydrogen-bond acceptors (Lipinski definition) is 2. The van der Waals surface area contributed by atoms with Crippen molar-refractivity contribution in [3.8, 4) is 17.3 Å². The minimum absolute atomic E-state index is 0.628. The van der Waals surface area contributed by atoms with Gasteiger partial charge in [-0.25, -0.2) is 0 Å². The van der Waals surface area contributed by atoms with Crippen molar-refractivity contribution in [2.45, 2.75) is 13.3 Å². The van der Waals surface area contributed by atoms with Crippen molar-refractivity contribution in [1.29, 1.82) is 5.26 Å². The summed E-state index contributed by atoms with van der Waals surface area (Å²) < 4.78 is 0. The fourth-order valence-corrected chi connectivity index (χ4v) is 1.77. The van der Waals surface area contributed by atoms with Crippen molar-refractivity contribution in [2.75, 3.05) is 0 Å². The summed E-state index contributed by atoms with van der Waals surface area (Å²) in [5.41, 5.74) is 3.69. The predicted molar refractivity (Wildman–Crippen MR) is 63.8 cm³/mol. The molecule has 2 rings (SSSR count). The summed E-state index contributed by atoms with van der Waals surface area (Å²) in [6, 6.07) is 13.8. The average Bonchev–Trinajstić information content (AvgIpc) is 2.38. The first-order chi connectivity index (χ1) is 7.86. The molecule has 0 bridgehead atoms. The second-order valence-corrected chi connectivity index (χ2v) is 3.52. The molecule has 0 aliphatic rings. The number of hydrogen-bond donors (Lipinski definition) is 0. The molecule has 0 saturated carbocycles. The molecular formula is C14H12N2. The highest BCUT2D eigenvalue weighted by Gasteiger charge is 2.08. The van der Waals surface area contributed by atoms with Crippen molar-refractivity contribution in [1.82, 2.24) is 4.98 Å². The number of benzene rings is 1. The molecular weight excluding hydrogens is 196 g/mol. The monoisotopic (exact) mass is 208 g/mol. The van der Waals surface area contributed by atoms with E-state index in [9.17, 15) is 0 Å². The quantitative estimate of drug-likeness (QED) is 0.760. The number of aromatic nitrogens is 1. The fraction of sp³-hybridized carbons (Fsp3) is 0.143. The topological polar surface area (TPSA) is 36.7 Å². The van der Waals surface area contributed by atoms with Gasteiger partial charge in [-0.05, 0) is 24.1 Å². The van der Waals surface area contributed by atoms with Gasteiger partial charge in [0.15, 0.2) is 0 Å². The van der Waals surface area contributed by atoms with Crippen LogP contribution in [-0.2, 0) is 6.42 Å². The van der Waals surface area contributed by atoms with E-state index in [1.807, 2.05) is 18.2 Å². The first kappa shape index (κ1) is 10.4. The van der Waals surface area contributed by atoms with Gasteiger partial charge in [-0.2, -0.15) is 5.26 Å². The van der Waals surface area contributed by atoms with Crippen LogP contribution in [0.1, 0.15) is 18.1 Å². The molecule has 1 aromatic heterocycles. The molecule has 16 heavy (non-hydrogen) atoms. The van der Waals surface area contributed by atoms with Crippen LogP contribution in [0.3, 0.4) is 0 Å².